The third kappa shape index (κ3) is 7.00. The zero-order valence-corrected chi connectivity index (χ0v) is 19.8. The molecule has 0 bridgehead atoms. The lowest BCUT2D eigenvalue weighted by atomic mass is 9.95. The van der Waals surface area contributed by atoms with Crippen molar-refractivity contribution in [2.75, 3.05) is 29.9 Å². The summed E-state index contributed by atoms with van der Waals surface area (Å²) in [6.07, 6.45) is -4.29. The number of alkyl halides is 3. The molecule has 8 nitrogen and oxygen atoms in total. The molecule has 1 aliphatic rings. The molecule has 35 heavy (non-hydrogen) atoms. The molecule has 0 aromatic heterocycles. The molecule has 1 amide bonds. The quantitative estimate of drug-likeness (QED) is 0.372. The third-order valence-electron chi connectivity index (χ3n) is 5.46. The van der Waals surface area contributed by atoms with E-state index >= 15 is 0 Å². The van der Waals surface area contributed by atoms with Gasteiger partial charge in [-0.3, -0.25) is 10.1 Å². The van der Waals surface area contributed by atoms with Gasteiger partial charge >= 0.3 is 12.3 Å². The Morgan fingerprint density at radius 3 is 2.46 bits per heavy atom. The molecule has 1 saturated heterocycles. The van der Waals surface area contributed by atoms with Gasteiger partial charge in [-0.15, -0.1) is 0 Å². The summed E-state index contributed by atoms with van der Waals surface area (Å²) in [7, 11) is 0. The van der Waals surface area contributed by atoms with Crippen LogP contribution >= 0.6 is 0 Å². The summed E-state index contributed by atoms with van der Waals surface area (Å²) < 4.78 is 48.3. The lowest BCUT2D eigenvalue weighted by Gasteiger charge is -2.36. The molecule has 1 aliphatic heterocycles. The third-order valence-corrected chi connectivity index (χ3v) is 5.46. The van der Waals surface area contributed by atoms with Crippen LogP contribution in [0.4, 0.5) is 40.7 Å². The molecular formula is C24H29F3N4O4. The maximum atomic E-state index is 14.4. The summed E-state index contributed by atoms with van der Waals surface area (Å²) in [4.78, 5) is 24.4. The minimum atomic E-state index is -4.85. The topological polar surface area (TPSA) is 96.7 Å². The fourth-order valence-corrected chi connectivity index (χ4v) is 4.09. The van der Waals surface area contributed by atoms with E-state index in [4.69, 9.17) is 4.74 Å². The van der Waals surface area contributed by atoms with Crippen molar-refractivity contribution in [3.63, 3.8) is 0 Å². The van der Waals surface area contributed by atoms with Crippen molar-refractivity contribution in [3.05, 3.63) is 58.1 Å². The average molecular weight is 495 g/mol. The number of benzene rings is 2. The number of anilines is 3. The number of nitro benzene ring substituents is 1. The minimum absolute atomic E-state index is 0.120. The van der Waals surface area contributed by atoms with E-state index in [9.17, 15) is 28.1 Å². The first-order valence-electron chi connectivity index (χ1n) is 11.3. The molecule has 2 aromatic rings. The molecule has 2 aromatic carbocycles. The first-order chi connectivity index (χ1) is 16.3. The maximum absolute atomic E-state index is 14.4. The van der Waals surface area contributed by atoms with Crippen LogP contribution in [0.1, 0.15) is 39.2 Å². The van der Waals surface area contributed by atoms with Crippen LogP contribution in [0.5, 0.6) is 0 Å². The number of para-hydroxylation sites is 1. The predicted octanol–water partition coefficient (Wildman–Crippen LogP) is 6.10. The van der Waals surface area contributed by atoms with Crippen LogP contribution in [0.25, 0.3) is 0 Å². The Labute approximate surface area is 201 Å². The number of nitrogens with one attached hydrogen (secondary N) is 2. The Morgan fingerprint density at radius 2 is 1.86 bits per heavy atom. The zero-order chi connectivity index (χ0) is 25.8. The SMILES string of the molecule is CC(C)(C)OC(=O)NC[C@@H]1CCCN(c2c([N+](=O)[O-])ccc(Nc3ccccc3)c2C(F)(F)F)C1. The number of hydrogen-bond donors (Lipinski definition) is 2. The van der Waals surface area contributed by atoms with Gasteiger partial charge < -0.3 is 20.3 Å². The van der Waals surface area contributed by atoms with Crippen molar-refractivity contribution in [3.8, 4) is 0 Å². The average Bonchev–Trinajstić information content (AvgIpc) is 2.76. The standard InChI is InChI=1S/C24H29F3N4O4/c1-23(2,3)35-22(32)28-14-16-8-7-13-30(15-16)21-19(31(33)34)12-11-18(20(21)24(25,26)27)29-17-9-5-4-6-10-17/h4-6,9-12,16,29H,7-8,13-15H2,1-3H3,(H,28,32)/t16-/m0/s1. The highest BCUT2D eigenvalue weighted by Gasteiger charge is 2.42. The highest BCUT2D eigenvalue weighted by molar-refractivity contribution is 5.79. The van der Waals surface area contributed by atoms with E-state index in [0.717, 1.165) is 12.1 Å². The number of halogens is 3. The Hall–Kier alpha value is -3.50. The van der Waals surface area contributed by atoms with Gasteiger partial charge in [-0.2, -0.15) is 13.2 Å². The largest absolute Gasteiger partial charge is 0.444 e. The van der Waals surface area contributed by atoms with Crippen molar-refractivity contribution in [1.29, 1.82) is 0 Å². The highest BCUT2D eigenvalue weighted by Crippen LogP contribution is 2.47. The monoisotopic (exact) mass is 494 g/mol. The second kappa shape index (κ2) is 10.4. The van der Waals surface area contributed by atoms with Crippen molar-refractivity contribution < 1.29 is 27.6 Å². The molecule has 1 heterocycles. The number of rotatable bonds is 6. The zero-order valence-electron chi connectivity index (χ0n) is 19.8. The Bertz CT molecular complexity index is 1060. The fraction of sp³-hybridized carbons (Fsp3) is 0.458. The number of nitro groups is 1. The van der Waals surface area contributed by atoms with E-state index in [2.05, 4.69) is 10.6 Å². The summed E-state index contributed by atoms with van der Waals surface area (Å²) in [5.74, 6) is -0.206. The number of hydrogen-bond acceptors (Lipinski definition) is 6. The second-order valence-corrected chi connectivity index (χ2v) is 9.44. The predicted molar refractivity (Wildman–Crippen MR) is 127 cm³/mol. The summed E-state index contributed by atoms with van der Waals surface area (Å²) in [5, 5.41) is 17.2. The second-order valence-electron chi connectivity index (χ2n) is 9.44. The van der Waals surface area contributed by atoms with E-state index in [-0.39, 0.29) is 31.2 Å². The molecule has 11 heteroatoms. The molecule has 0 radical (unpaired) electrons. The van der Waals surface area contributed by atoms with Crippen LogP contribution < -0.4 is 15.5 Å². The van der Waals surface area contributed by atoms with E-state index in [0.29, 0.717) is 18.5 Å². The molecule has 0 spiro atoms. The molecule has 1 fully saturated rings. The van der Waals surface area contributed by atoms with Crippen molar-refractivity contribution >= 4 is 28.8 Å². The van der Waals surface area contributed by atoms with Gasteiger partial charge in [0.25, 0.3) is 5.69 Å². The Kier molecular flexibility index (Phi) is 7.76. The van der Waals surface area contributed by atoms with Gasteiger partial charge in [0, 0.05) is 31.4 Å². The molecule has 0 aliphatic carbocycles. The lowest BCUT2D eigenvalue weighted by Crippen LogP contribution is -2.43. The maximum Gasteiger partial charge on any atom is 0.420 e. The summed E-state index contributed by atoms with van der Waals surface area (Å²) in [6.45, 7) is 5.70. The number of carbonyl (C=O) groups is 1. The Balaban J connectivity index is 1.93. The number of piperidine rings is 1. The van der Waals surface area contributed by atoms with E-state index in [1.165, 1.54) is 4.90 Å². The number of carbonyl (C=O) groups excluding carboxylic acids is 1. The first-order valence-corrected chi connectivity index (χ1v) is 11.3. The molecule has 0 unspecified atom stereocenters. The van der Waals surface area contributed by atoms with E-state index in [1.54, 1.807) is 51.1 Å². The van der Waals surface area contributed by atoms with Gasteiger partial charge in [0.15, 0.2) is 0 Å². The van der Waals surface area contributed by atoms with Gasteiger partial charge in [0.05, 0.1) is 10.6 Å². The van der Waals surface area contributed by atoms with Crippen LogP contribution in [-0.4, -0.2) is 36.3 Å². The van der Waals surface area contributed by atoms with Crippen LogP contribution in [0.3, 0.4) is 0 Å². The number of ether oxygens (including phenoxy) is 1. The summed E-state index contributed by atoms with van der Waals surface area (Å²) in [5.41, 5.74) is -2.69. The highest BCUT2D eigenvalue weighted by atomic mass is 19.4. The normalized spacial score (nSPS) is 16.5. The smallest absolute Gasteiger partial charge is 0.420 e. The Morgan fingerprint density at radius 1 is 1.17 bits per heavy atom. The summed E-state index contributed by atoms with van der Waals surface area (Å²) >= 11 is 0. The van der Waals surface area contributed by atoms with Crippen LogP contribution in [0.15, 0.2) is 42.5 Å². The minimum Gasteiger partial charge on any atom is -0.444 e. The van der Waals surface area contributed by atoms with Gasteiger partial charge in [0.1, 0.15) is 16.9 Å². The molecule has 2 N–H and O–H groups in total. The van der Waals surface area contributed by atoms with Crippen LogP contribution in [0.2, 0.25) is 0 Å². The molecule has 3 rings (SSSR count). The van der Waals surface area contributed by atoms with Gasteiger partial charge in [-0.1, -0.05) is 18.2 Å². The molecule has 190 valence electrons. The lowest BCUT2D eigenvalue weighted by molar-refractivity contribution is -0.384. The van der Waals surface area contributed by atoms with Crippen LogP contribution in [0, 0.1) is 16.0 Å². The van der Waals surface area contributed by atoms with E-state index in [1.807, 2.05) is 0 Å². The van der Waals surface area contributed by atoms with Crippen molar-refractivity contribution in [2.24, 2.45) is 5.92 Å². The van der Waals surface area contributed by atoms with Gasteiger partial charge in [0.2, 0.25) is 0 Å². The number of nitrogens with zero attached hydrogens (tertiary/aromatic N) is 2. The number of alkyl carbamates (subject to hydrolysis) is 1. The van der Waals surface area contributed by atoms with Crippen molar-refractivity contribution in [1.82, 2.24) is 5.32 Å². The first kappa shape index (κ1) is 26.1. The molecular weight excluding hydrogens is 465 g/mol. The van der Waals surface area contributed by atoms with E-state index < -0.39 is 39.7 Å². The number of amides is 1. The summed E-state index contributed by atoms with van der Waals surface area (Å²) in [6, 6.07) is 10.5. The molecule has 1 atom stereocenters. The van der Waals surface area contributed by atoms with Crippen molar-refractivity contribution in [2.45, 2.75) is 45.4 Å². The van der Waals surface area contributed by atoms with Gasteiger partial charge in [-0.05, 0) is 57.7 Å². The molecule has 0 saturated carbocycles. The fourth-order valence-electron chi connectivity index (χ4n) is 4.09. The van der Waals surface area contributed by atoms with Gasteiger partial charge in [-0.25, -0.2) is 4.79 Å². The van der Waals surface area contributed by atoms with Crippen LogP contribution in [-0.2, 0) is 10.9 Å².